The Balaban J connectivity index is 3.23. The Morgan fingerprint density at radius 2 is 1.79 bits per heavy atom. The molecule has 0 atom stereocenters. The lowest BCUT2D eigenvalue weighted by Gasteiger charge is -2.07. The summed E-state index contributed by atoms with van der Waals surface area (Å²) in [6.45, 7) is 7.96. The first-order valence-corrected chi connectivity index (χ1v) is 7.36. The Morgan fingerprint density at radius 1 is 1.05 bits per heavy atom. The molecule has 112 valence electrons. The molecule has 0 heterocycles. The van der Waals surface area contributed by atoms with Crippen LogP contribution in [0, 0.1) is 5.92 Å². The zero-order valence-electron chi connectivity index (χ0n) is 12.7. The van der Waals surface area contributed by atoms with Gasteiger partial charge in [0.05, 0.1) is 0 Å². The molecular formula is C15H29NO3. The average Bonchev–Trinajstić information content (AvgIpc) is 2.32. The quantitative estimate of drug-likeness (QED) is 0.555. The third-order valence-corrected chi connectivity index (χ3v) is 2.67. The number of unbranched alkanes of at least 4 members (excludes halogenated alkanes) is 2. The summed E-state index contributed by atoms with van der Waals surface area (Å²) >= 11 is 0. The summed E-state index contributed by atoms with van der Waals surface area (Å²) in [7, 11) is 0. The van der Waals surface area contributed by atoms with Crippen LogP contribution in [0.15, 0.2) is 0 Å². The monoisotopic (exact) mass is 271 g/mol. The molecular weight excluding hydrogens is 242 g/mol. The molecule has 19 heavy (non-hydrogen) atoms. The summed E-state index contributed by atoms with van der Waals surface area (Å²) in [4.78, 5) is 22.2. The SMILES string of the molecule is CC(=O)CCCCCNC(=O)CCCOCC(C)C. The fraction of sp³-hybridized carbons (Fsp3) is 0.867. The molecule has 0 aromatic rings. The topological polar surface area (TPSA) is 55.4 Å². The molecule has 0 saturated carbocycles. The van der Waals surface area contributed by atoms with Crippen molar-refractivity contribution in [3.8, 4) is 0 Å². The Bertz CT molecular complexity index is 252. The van der Waals surface area contributed by atoms with Gasteiger partial charge in [-0.2, -0.15) is 0 Å². The Hall–Kier alpha value is -0.900. The van der Waals surface area contributed by atoms with Crippen LogP contribution in [0.4, 0.5) is 0 Å². The van der Waals surface area contributed by atoms with Crippen LogP contribution in [0.1, 0.15) is 59.3 Å². The van der Waals surface area contributed by atoms with Crippen molar-refractivity contribution in [1.82, 2.24) is 5.32 Å². The first kappa shape index (κ1) is 18.1. The van der Waals surface area contributed by atoms with E-state index in [4.69, 9.17) is 4.74 Å². The van der Waals surface area contributed by atoms with Gasteiger partial charge in [0.1, 0.15) is 5.78 Å². The normalized spacial score (nSPS) is 10.7. The minimum Gasteiger partial charge on any atom is -0.381 e. The summed E-state index contributed by atoms with van der Waals surface area (Å²) in [5.74, 6) is 0.883. The smallest absolute Gasteiger partial charge is 0.220 e. The van der Waals surface area contributed by atoms with E-state index >= 15 is 0 Å². The summed E-state index contributed by atoms with van der Waals surface area (Å²) in [6.07, 6.45) is 4.84. The lowest BCUT2D eigenvalue weighted by molar-refractivity contribution is -0.121. The maximum Gasteiger partial charge on any atom is 0.220 e. The summed E-state index contributed by atoms with van der Waals surface area (Å²) in [5.41, 5.74) is 0. The summed E-state index contributed by atoms with van der Waals surface area (Å²) in [5, 5.41) is 2.89. The summed E-state index contributed by atoms with van der Waals surface area (Å²) in [6, 6.07) is 0. The largest absolute Gasteiger partial charge is 0.381 e. The van der Waals surface area contributed by atoms with Crippen LogP contribution >= 0.6 is 0 Å². The molecule has 0 aliphatic rings. The van der Waals surface area contributed by atoms with E-state index in [2.05, 4.69) is 19.2 Å². The van der Waals surface area contributed by atoms with Gasteiger partial charge in [0.25, 0.3) is 0 Å². The van der Waals surface area contributed by atoms with Crippen LogP contribution in [0.3, 0.4) is 0 Å². The highest BCUT2D eigenvalue weighted by molar-refractivity contribution is 5.76. The minimum absolute atomic E-state index is 0.0970. The number of rotatable bonds is 12. The van der Waals surface area contributed by atoms with Crippen molar-refractivity contribution < 1.29 is 14.3 Å². The van der Waals surface area contributed by atoms with Crippen LogP contribution in [0.2, 0.25) is 0 Å². The highest BCUT2D eigenvalue weighted by Crippen LogP contribution is 2.00. The van der Waals surface area contributed by atoms with Crippen molar-refractivity contribution in [2.75, 3.05) is 19.8 Å². The molecule has 0 aliphatic carbocycles. The van der Waals surface area contributed by atoms with Gasteiger partial charge in [0.2, 0.25) is 5.91 Å². The number of Topliss-reactive ketones (excluding diaryl/α,β-unsaturated/α-hetero) is 1. The van der Waals surface area contributed by atoms with E-state index < -0.39 is 0 Å². The third kappa shape index (κ3) is 15.0. The molecule has 0 saturated heterocycles. The molecule has 0 bridgehead atoms. The molecule has 0 rings (SSSR count). The second-order valence-electron chi connectivity index (χ2n) is 5.43. The molecule has 0 spiro atoms. The standard InChI is InChI=1S/C15H29NO3/c1-13(2)12-19-11-7-9-15(18)16-10-6-4-5-8-14(3)17/h13H,4-12H2,1-3H3,(H,16,18). The van der Waals surface area contributed by atoms with E-state index in [1.165, 1.54) is 0 Å². The number of nitrogens with one attached hydrogen (secondary N) is 1. The van der Waals surface area contributed by atoms with Crippen LogP contribution in [0.25, 0.3) is 0 Å². The number of carbonyl (C=O) groups excluding carboxylic acids is 2. The highest BCUT2D eigenvalue weighted by atomic mass is 16.5. The average molecular weight is 271 g/mol. The predicted molar refractivity (Wildman–Crippen MR) is 77.0 cm³/mol. The zero-order valence-corrected chi connectivity index (χ0v) is 12.7. The van der Waals surface area contributed by atoms with Crippen LogP contribution < -0.4 is 5.32 Å². The van der Waals surface area contributed by atoms with E-state index in [1.807, 2.05) is 0 Å². The van der Waals surface area contributed by atoms with Crippen molar-refractivity contribution in [2.45, 2.75) is 59.3 Å². The molecule has 0 radical (unpaired) electrons. The summed E-state index contributed by atoms with van der Waals surface area (Å²) < 4.78 is 5.41. The van der Waals surface area contributed by atoms with Gasteiger partial charge in [-0.25, -0.2) is 0 Å². The van der Waals surface area contributed by atoms with Crippen LogP contribution in [-0.2, 0) is 14.3 Å². The maximum atomic E-state index is 11.5. The Kier molecular flexibility index (Phi) is 11.6. The zero-order chi connectivity index (χ0) is 14.5. The number of ether oxygens (including phenoxy) is 1. The molecule has 0 aromatic heterocycles. The molecule has 0 aliphatic heterocycles. The molecule has 4 nitrogen and oxygen atoms in total. The van der Waals surface area contributed by atoms with Crippen LogP contribution in [0.5, 0.6) is 0 Å². The second-order valence-corrected chi connectivity index (χ2v) is 5.43. The van der Waals surface area contributed by atoms with Gasteiger partial charge in [-0.15, -0.1) is 0 Å². The first-order valence-electron chi connectivity index (χ1n) is 7.36. The van der Waals surface area contributed by atoms with Gasteiger partial charge in [0.15, 0.2) is 0 Å². The van der Waals surface area contributed by atoms with Gasteiger partial charge in [0, 0.05) is 32.6 Å². The van der Waals surface area contributed by atoms with Gasteiger partial charge in [-0.05, 0) is 32.1 Å². The number of carbonyl (C=O) groups is 2. The molecule has 1 amide bonds. The van der Waals surface area contributed by atoms with Crippen molar-refractivity contribution in [1.29, 1.82) is 0 Å². The Morgan fingerprint density at radius 3 is 2.42 bits per heavy atom. The van der Waals surface area contributed by atoms with Gasteiger partial charge in [-0.3, -0.25) is 4.79 Å². The van der Waals surface area contributed by atoms with Crippen molar-refractivity contribution in [3.63, 3.8) is 0 Å². The van der Waals surface area contributed by atoms with E-state index in [0.29, 0.717) is 31.9 Å². The van der Waals surface area contributed by atoms with Gasteiger partial charge < -0.3 is 14.8 Å². The van der Waals surface area contributed by atoms with Crippen molar-refractivity contribution in [2.24, 2.45) is 5.92 Å². The Labute approximate surface area is 117 Å². The fourth-order valence-electron chi connectivity index (χ4n) is 1.65. The van der Waals surface area contributed by atoms with E-state index in [1.54, 1.807) is 6.92 Å². The van der Waals surface area contributed by atoms with E-state index in [-0.39, 0.29) is 11.7 Å². The van der Waals surface area contributed by atoms with Crippen molar-refractivity contribution in [3.05, 3.63) is 0 Å². The van der Waals surface area contributed by atoms with Crippen molar-refractivity contribution >= 4 is 11.7 Å². The number of hydrogen-bond acceptors (Lipinski definition) is 3. The number of ketones is 1. The predicted octanol–water partition coefficient (Wildman–Crippen LogP) is 2.70. The molecule has 1 N–H and O–H groups in total. The molecule has 0 aromatic carbocycles. The molecule has 0 unspecified atom stereocenters. The van der Waals surface area contributed by atoms with E-state index in [0.717, 1.165) is 32.3 Å². The first-order chi connectivity index (χ1) is 9.02. The molecule has 4 heteroatoms. The maximum absolute atomic E-state index is 11.5. The van der Waals surface area contributed by atoms with Crippen LogP contribution in [-0.4, -0.2) is 31.4 Å². The third-order valence-electron chi connectivity index (χ3n) is 2.67. The number of amides is 1. The van der Waals surface area contributed by atoms with Gasteiger partial charge in [-0.1, -0.05) is 20.3 Å². The molecule has 0 fully saturated rings. The minimum atomic E-state index is 0.0970. The fourth-order valence-corrected chi connectivity index (χ4v) is 1.65. The van der Waals surface area contributed by atoms with E-state index in [9.17, 15) is 9.59 Å². The highest BCUT2D eigenvalue weighted by Gasteiger charge is 2.01. The second kappa shape index (κ2) is 12.2. The lowest BCUT2D eigenvalue weighted by atomic mass is 10.1. The lowest BCUT2D eigenvalue weighted by Crippen LogP contribution is -2.24. The number of hydrogen-bond donors (Lipinski definition) is 1. The van der Waals surface area contributed by atoms with Gasteiger partial charge >= 0.3 is 0 Å².